The van der Waals surface area contributed by atoms with E-state index in [-0.39, 0.29) is 11.7 Å². The highest BCUT2D eigenvalue weighted by Crippen LogP contribution is 2.21. The van der Waals surface area contributed by atoms with E-state index in [1.807, 2.05) is 31.2 Å². The topological polar surface area (TPSA) is 66.5 Å². The van der Waals surface area contributed by atoms with Crippen molar-refractivity contribution in [3.63, 3.8) is 0 Å². The van der Waals surface area contributed by atoms with Crippen LogP contribution in [-0.4, -0.2) is 26.6 Å². The molecule has 1 amide bonds. The first-order chi connectivity index (χ1) is 11.9. The van der Waals surface area contributed by atoms with E-state index in [1.54, 1.807) is 38.1 Å². The average Bonchev–Trinajstić information content (AvgIpc) is 2.63. The molecule has 0 aliphatic rings. The molecular weight excluding hydrogens is 336 g/mol. The number of benzene rings is 2. The Kier molecular flexibility index (Phi) is 6.20. The Morgan fingerprint density at radius 3 is 2.20 bits per heavy atom. The molecule has 0 heterocycles. The van der Waals surface area contributed by atoms with Crippen molar-refractivity contribution in [1.29, 1.82) is 0 Å². The Hall–Kier alpha value is -2.34. The zero-order chi connectivity index (χ0) is 18.4. The minimum Gasteiger partial charge on any atom is -0.322 e. The molecule has 0 unspecified atom stereocenters. The lowest BCUT2D eigenvalue weighted by molar-refractivity contribution is 0.102. The second-order valence-electron chi connectivity index (χ2n) is 5.58. The number of anilines is 2. The highest BCUT2D eigenvalue weighted by molar-refractivity contribution is 7.92. The Morgan fingerprint density at radius 1 is 1.00 bits per heavy atom. The highest BCUT2D eigenvalue weighted by atomic mass is 32.2. The number of nitrogens with one attached hydrogen (secondary N) is 1. The van der Waals surface area contributed by atoms with E-state index in [4.69, 9.17) is 0 Å². The van der Waals surface area contributed by atoms with Crippen LogP contribution in [0.5, 0.6) is 0 Å². The molecule has 0 saturated heterocycles. The van der Waals surface area contributed by atoms with Gasteiger partial charge in [0, 0.05) is 17.8 Å². The molecule has 0 spiro atoms. The predicted molar refractivity (Wildman–Crippen MR) is 103 cm³/mol. The number of amides is 1. The van der Waals surface area contributed by atoms with Gasteiger partial charge in [0.05, 0.1) is 11.4 Å². The first-order valence-corrected chi connectivity index (χ1v) is 10.0. The van der Waals surface area contributed by atoms with Crippen LogP contribution in [0.4, 0.5) is 11.4 Å². The first-order valence-electron chi connectivity index (χ1n) is 8.42. The van der Waals surface area contributed by atoms with Crippen molar-refractivity contribution in [2.45, 2.75) is 27.2 Å². The summed E-state index contributed by atoms with van der Waals surface area (Å²) in [5.74, 6) is -0.175. The van der Waals surface area contributed by atoms with Crippen molar-refractivity contribution < 1.29 is 13.2 Å². The van der Waals surface area contributed by atoms with E-state index in [1.165, 1.54) is 4.31 Å². The van der Waals surface area contributed by atoms with Crippen LogP contribution >= 0.6 is 0 Å². The lowest BCUT2D eigenvalue weighted by Crippen LogP contribution is -2.32. The van der Waals surface area contributed by atoms with Crippen molar-refractivity contribution in [3.05, 3.63) is 59.7 Å². The Bertz CT molecular complexity index is 830. The molecule has 2 aromatic carbocycles. The summed E-state index contributed by atoms with van der Waals surface area (Å²) in [5, 5.41) is 2.91. The molecule has 0 saturated carbocycles. The molecule has 0 fully saturated rings. The van der Waals surface area contributed by atoms with E-state index in [2.05, 4.69) is 5.32 Å². The molecule has 0 bridgehead atoms. The third-order valence-corrected chi connectivity index (χ3v) is 5.92. The van der Waals surface area contributed by atoms with Crippen LogP contribution in [0, 0.1) is 0 Å². The summed E-state index contributed by atoms with van der Waals surface area (Å²) in [4.78, 5) is 12.4. The molecule has 1 N–H and O–H groups in total. The number of para-hydroxylation sites is 1. The van der Waals surface area contributed by atoms with Gasteiger partial charge in [-0.2, -0.15) is 0 Å². The maximum Gasteiger partial charge on any atom is 0.255 e. The minimum atomic E-state index is -3.32. The van der Waals surface area contributed by atoms with Crippen LogP contribution in [-0.2, 0) is 16.4 Å². The fraction of sp³-hybridized carbons (Fsp3) is 0.316. The van der Waals surface area contributed by atoms with Gasteiger partial charge in [0.2, 0.25) is 10.0 Å². The number of sulfonamides is 1. The Balaban J connectivity index is 2.20. The second kappa shape index (κ2) is 8.16. The molecule has 0 atom stereocenters. The number of hydrogen-bond donors (Lipinski definition) is 1. The molecule has 0 aliphatic carbocycles. The minimum absolute atomic E-state index is 0.0386. The van der Waals surface area contributed by atoms with Crippen molar-refractivity contribution in [3.8, 4) is 0 Å². The van der Waals surface area contributed by atoms with Crippen LogP contribution in [0.25, 0.3) is 0 Å². The maximum atomic E-state index is 12.4. The number of rotatable bonds is 7. The summed E-state index contributed by atoms with van der Waals surface area (Å²) in [6.45, 7) is 5.79. The first kappa shape index (κ1) is 19.0. The van der Waals surface area contributed by atoms with Crippen molar-refractivity contribution in [1.82, 2.24) is 0 Å². The van der Waals surface area contributed by atoms with Gasteiger partial charge in [-0.3, -0.25) is 9.10 Å². The number of hydrogen-bond acceptors (Lipinski definition) is 3. The fourth-order valence-corrected chi connectivity index (χ4v) is 3.77. The van der Waals surface area contributed by atoms with Gasteiger partial charge < -0.3 is 5.32 Å². The average molecular weight is 360 g/mol. The van der Waals surface area contributed by atoms with Gasteiger partial charge in [0.15, 0.2) is 0 Å². The molecule has 0 radical (unpaired) electrons. The molecule has 6 heteroatoms. The second-order valence-corrected chi connectivity index (χ2v) is 7.76. The lowest BCUT2D eigenvalue weighted by Gasteiger charge is -2.22. The molecule has 25 heavy (non-hydrogen) atoms. The lowest BCUT2D eigenvalue weighted by atomic mass is 10.1. The van der Waals surface area contributed by atoms with E-state index >= 15 is 0 Å². The number of aryl methyl sites for hydroxylation is 1. The number of carbonyl (C=O) groups excluding carboxylic acids is 1. The summed E-state index contributed by atoms with van der Waals surface area (Å²) in [5.41, 5.74) is 2.91. The third-order valence-electron chi connectivity index (χ3n) is 4.05. The van der Waals surface area contributed by atoms with Crippen molar-refractivity contribution >= 4 is 27.3 Å². The summed E-state index contributed by atoms with van der Waals surface area (Å²) in [7, 11) is -3.32. The quantitative estimate of drug-likeness (QED) is 0.819. The van der Waals surface area contributed by atoms with Gasteiger partial charge in [-0.15, -0.1) is 0 Å². The highest BCUT2D eigenvalue weighted by Gasteiger charge is 2.19. The van der Waals surface area contributed by atoms with Crippen molar-refractivity contribution in [2.75, 3.05) is 21.9 Å². The smallest absolute Gasteiger partial charge is 0.255 e. The zero-order valence-electron chi connectivity index (χ0n) is 14.8. The molecular formula is C19H24N2O3S. The summed E-state index contributed by atoms with van der Waals surface area (Å²) < 4.78 is 25.6. The Labute approximate surface area is 149 Å². The van der Waals surface area contributed by atoms with Gasteiger partial charge in [0.1, 0.15) is 0 Å². The van der Waals surface area contributed by atoms with Crippen LogP contribution in [0.2, 0.25) is 0 Å². The molecule has 5 nitrogen and oxygen atoms in total. The zero-order valence-corrected chi connectivity index (χ0v) is 15.6. The summed E-state index contributed by atoms with van der Waals surface area (Å²) in [6.07, 6.45) is 0.829. The fourth-order valence-electron chi connectivity index (χ4n) is 2.62. The largest absolute Gasteiger partial charge is 0.322 e. The molecule has 2 rings (SSSR count). The van der Waals surface area contributed by atoms with Gasteiger partial charge in [-0.05, 0) is 56.2 Å². The van der Waals surface area contributed by atoms with Crippen LogP contribution in [0.3, 0.4) is 0 Å². The SMILES string of the molecule is CCc1ccccc1NC(=O)c1ccc(N(CC)S(=O)(=O)CC)cc1. The van der Waals surface area contributed by atoms with Gasteiger partial charge in [-0.1, -0.05) is 25.1 Å². The van der Waals surface area contributed by atoms with Gasteiger partial charge in [-0.25, -0.2) is 8.42 Å². The maximum absolute atomic E-state index is 12.4. The summed E-state index contributed by atoms with van der Waals surface area (Å²) >= 11 is 0. The summed E-state index contributed by atoms with van der Waals surface area (Å²) in [6, 6.07) is 14.3. The number of nitrogens with zero attached hydrogens (tertiary/aromatic N) is 1. The Morgan fingerprint density at radius 2 is 1.64 bits per heavy atom. The van der Waals surface area contributed by atoms with Crippen LogP contribution in [0.1, 0.15) is 36.7 Å². The van der Waals surface area contributed by atoms with Gasteiger partial charge in [0.25, 0.3) is 5.91 Å². The van der Waals surface area contributed by atoms with E-state index in [0.717, 1.165) is 17.7 Å². The molecule has 2 aromatic rings. The van der Waals surface area contributed by atoms with Gasteiger partial charge >= 0.3 is 0 Å². The normalized spacial score (nSPS) is 11.2. The van der Waals surface area contributed by atoms with E-state index in [9.17, 15) is 13.2 Å². The van der Waals surface area contributed by atoms with Crippen molar-refractivity contribution in [2.24, 2.45) is 0 Å². The molecule has 0 aromatic heterocycles. The van der Waals surface area contributed by atoms with E-state index < -0.39 is 10.0 Å². The van der Waals surface area contributed by atoms with Crippen LogP contribution < -0.4 is 9.62 Å². The number of carbonyl (C=O) groups is 1. The molecule has 0 aliphatic heterocycles. The molecule has 134 valence electrons. The standard InChI is InChI=1S/C19H24N2O3S/c1-4-15-9-7-8-10-18(15)20-19(22)16-11-13-17(14-12-16)21(5-2)25(23,24)6-3/h7-14H,4-6H2,1-3H3,(H,20,22). The van der Waals surface area contributed by atoms with Crippen LogP contribution in [0.15, 0.2) is 48.5 Å². The predicted octanol–water partition coefficient (Wildman–Crippen LogP) is 3.68. The third kappa shape index (κ3) is 4.39. The van der Waals surface area contributed by atoms with E-state index in [0.29, 0.717) is 17.8 Å². The monoisotopic (exact) mass is 360 g/mol.